The minimum absolute atomic E-state index is 0.0894. The zero-order valence-corrected chi connectivity index (χ0v) is 24.1. The van der Waals surface area contributed by atoms with Crippen LogP contribution in [0.5, 0.6) is 11.5 Å². The highest BCUT2D eigenvalue weighted by Crippen LogP contribution is 2.63. The number of aliphatic hydroxyl groups excluding tert-OH is 1. The number of hydrogen-bond donors (Lipinski definition) is 3. The van der Waals surface area contributed by atoms with E-state index in [2.05, 4.69) is 47.7 Å². The number of fused-ring (bicyclic) bond motifs is 1. The van der Waals surface area contributed by atoms with Gasteiger partial charge in [-0.3, -0.25) is 0 Å². The van der Waals surface area contributed by atoms with Gasteiger partial charge in [0.2, 0.25) is 0 Å². The van der Waals surface area contributed by atoms with Crippen LogP contribution >= 0.6 is 0 Å². The molecule has 1 fully saturated rings. The second kappa shape index (κ2) is 8.96. The van der Waals surface area contributed by atoms with Gasteiger partial charge >= 0.3 is 5.97 Å². The minimum Gasteiger partial charge on any atom is -0.504 e. The first-order valence-corrected chi connectivity index (χ1v) is 15.0. The van der Waals surface area contributed by atoms with Crippen LogP contribution in [0.3, 0.4) is 0 Å². The Labute approximate surface area is 244 Å². The second-order valence-electron chi connectivity index (χ2n) is 12.8. The van der Waals surface area contributed by atoms with E-state index in [1.165, 1.54) is 11.1 Å². The number of likely N-dealkylation sites (tertiary alicyclic amines) is 1. The lowest BCUT2D eigenvalue weighted by Gasteiger charge is -2.56. The lowest BCUT2D eigenvalue weighted by molar-refractivity contribution is -0.0454. The Morgan fingerprint density at radius 1 is 1.21 bits per heavy atom. The first-order chi connectivity index (χ1) is 20.2. The topological polar surface area (TPSA) is 104 Å². The van der Waals surface area contributed by atoms with Crippen LogP contribution in [0.4, 0.5) is 0 Å². The largest absolute Gasteiger partial charge is 0.504 e. The van der Waals surface area contributed by atoms with Crippen LogP contribution in [-0.4, -0.2) is 75.6 Å². The van der Waals surface area contributed by atoms with Gasteiger partial charge in [0.1, 0.15) is 12.2 Å². The molecule has 2 bridgehead atoms. The van der Waals surface area contributed by atoms with Crippen LogP contribution in [-0.2, 0) is 16.6 Å². The number of carbonyl (C=O) groups is 1. The SMILES string of the molecule is Cc1c(C(=O)O)cc2cc(C3=CCOCC3)cn2c1C(C)c1cc(O)c2c3c1C[C@@H]1[C@@H]4C=C[C@H](O)[C@H](O2)[C@]34CCN1C. The van der Waals surface area contributed by atoms with Gasteiger partial charge in [-0.25, -0.2) is 4.79 Å². The number of rotatable bonds is 4. The lowest BCUT2D eigenvalue weighted by atomic mass is 9.52. The van der Waals surface area contributed by atoms with Crippen molar-refractivity contribution in [1.29, 1.82) is 0 Å². The number of aromatic nitrogens is 1. The maximum atomic E-state index is 12.4. The summed E-state index contributed by atoms with van der Waals surface area (Å²) in [7, 11) is 2.17. The molecule has 0 amide bonds. The van der Waals surface area contributed by atoms with E-state index in [1.54, 1.807) is 6.07 Å². The summed E-state index contributed by atoms with van der Waals surface area (Å²) in [5.74, 6) is -0.383. The maximum Gasteiger partial charge on any atom is 0.336 e. The summed E-state index contributed by atoms with van der Waals surface area (Å²) >= 11 is 0. The number of hydrogen-bond acceptors (Lipinski definition) is 6. The fraction of sp³-hybridized carbons (Fsp3) is 0.441. The third-order valence-electron chi connectivity index (χ3n) is 10.9. The molecule has 6 atom stereocenters. The minimum atomic E-state index is -0.952. The van der Waals surface area contributed by atoms with E-state index in [0.29, 0.717) is 24.5 Å². The molecule has 42 heavy (non-hydrogen) atoms. The number of aromatic carboxylic acids is 1. The molecule has 1 spiro atoms. The van der Waals surface area contributed by atoms with Crippen molar-refractivity contribution in [2.75, 3.05) is 26.8 Å². The molecule has 3 aliphatic heterocycles. The monoisotopic (exact) mass is 568 g/mol. The average Bonchev–Trinajstić information content (AvgIpc) is 3.56. The van der Waals surface area contributed by atoms with Gasteiger partial charge in [-0.2, -0.15) is 0 Å². The molecule has 1 saturated heterocycles. The number of carboxylic acid groups (broad SMARTS) is 1. The fourth-order valence-corrected chi connectivity index (χ4v) is 8.98. The quantitative estimate of drug-likeness (QED) is 0.401. The summed E-state index contributed by atoms with van der Waals surface area (Å²) < 4.78 is 14.1. The Bertz CT molecular complexity index is 1740. The van der Waals surface area contributed by atoms with E-state index in [1.807, 2.05) is 19.1 Å². The Kier molecular flexibility index (Phi) is 5.56. The number of likely N-dealkylation sites (N-methyl/N-ethyl adjacent to an activating group) is 1. The van der Waals surface area contributed by atoms with Gasteiger partial charge < -0.3 is 34.1 Å². The van der Waals surface area contributed by atoms with E-state index in [4.69, 9.17) is 9.47 Å². The molecule has 5 heterocycles. The Balaban J connectivity index is 1.36. The molecule has 0 radical (unpaired) electrons. The zero-order chi connectivity index (χ0) is 29.1. The normalized spacial score (nSPS) is 30.1. The number of piperidine rings is 1. The number of carboxylic acids is 1. The molecule has 2 aliphatic carbocycles. The van der Waals surface area contributed by atoms with Crippen molar-refractivity contribution >= 4 is 17.1 Å². The Morgan fingerprint density at radius 3 is 2.81 bits per heavy atom. The molecule has 1 aromatic carbocycles. The Hall–Kier alpha value is -3.59. The highest BCUT2D eigenvalue weighted by Gasteiger charge is 2.64. The summed E-state index contributed by atoms with van der Waals surface area (Å²) in [6.07, 6.45) is 9.54. The zero-order valence-electron chi connectivity index (χ0n) is 24.1. The molecule has 8 nitrogen and oxygen atoms in total. The third-order valence-corrected chi connectivity index (χ3v) is 10.9. The number of ether oxygens (including phenoxy) is 2. The molecule has 0 saturated carbocycles. The van der Waals surface area contributed by atoms with Gasteiger partial charge in [-0.15, -0.1) is 0 Å². The predicted molar refractivity (Wildman–Crippen MR) is 158 cm³/mol. The van der Waals surface area contributed by atoms with Gasteiger partial charge in [0.05, 0.1) is 18.8 Å². The van der Waals surface area contributed by atoms with Crippen LogP contribution in [0, 0.1) is 12.8 Å². The summed E-state index contributed by atoms with van der Waals surface area (Å²) in [5.41, 5.74) is 7.82. The van der Waals surface area contributed by atoms with E-state index < -0.39 is 23.6 Å². The van der Waals surface area contributed by atoms with Gasteiger partial charge in [-0.05, 0) is 85.8 Å². The summed E-state index contributed by atoms with van der Waals surface area (Å²) in [4.78, 5) is 14.9. The second-order valence-corrected chi connectivity index (χ2v) is 12.8. The first kappa shape index (κ1) is 26.1. The number of benzene rings is 1. The summed E-state index contributed by atoms with van der Waals surface area (Å²) in [6, 6.07) is 5.90. The fourth-order valence-electron chi connectivity index (χ4n) is 8.98. The average molecular weight is 569 g/mol. The van der Waals surface area contributed by atoms with Crippen molar-refractivity contribution in [2.24, 2.45) is 5.92 Å². The van der Waals surface area contributed by atoms with Crippen LogP contribution in [0.15, 0.2) is 42.6 Å². The molecule has 5 aliphatic rings. The van der Waals surface area contributed by atoms with Crippen LogP contribution in [0.1, 0.15) is 69.6 Å². The van der Waals surface area contributed by atoms with Crippen molar-refractivity contribution in [1.82, 2.24) is 9.30 Å². The van der Waals surface area contributed by atoms with Gasteiger partial charge in [0.25, 0.3) is 0 Å². The van der Waals surface area contributed by atoms with E-state index in [-0.39, 0.29) is 29.2 Å². The van der Waals surface area contributed by atoms with Crippen LogP contribution < -0.4 is 4.74 Å². The van der Waals surface area contributed by atoms with E-state index >= 15 is 0 Å². The highest BCUT2D eigenvalue weighted by atomic mass is 16.5. The van der Waals surface area contributed by atoms with Crippen molar-refractivity contribution in [3.63, 3.8) is 0 Å². The molecule has 2 aromatic heterocycles. The van der Waals surface area contributed by atoms with Gasteiger partial charge in [0.15, 0.2) is 11.5 Å². The predicted octanol–water partition coefficient (Wildman–Crippen LogP) is 4.41. The Morgan fingerprint density at radius 2 is 2.05 bits per heavy atom. The van der Waals surface area contributed by atoms with Crippen LogP contribution in [0.2, 0.25) is 0 Å². The van der Waals surface area contributed by atoms with E-state index in [9.17, 15) is 20.1 Å². The highest BCUT2D eigenvalue weighted by molar-refractivity contribution is 5.92. The molecule has 8 heteroatoms. The molecule has 8 rings (SSSR count). The number of aromatic hydroxyl groups is 1. The summed E-state index contributed by atoms with van der Waals surface area (Å²) in [6.45, 7) is 6.15. The molecule has 3 N–H and O–H groups in total. The summed E-state index contributed by atoms with van der Waals surface area (Å²) in [5, 5.41) is 32.7. The van der Waals surface area contributed by atoms with Gasteiger partial charge in [-0.1, -0.05) is 25.2 Å². The van der Waals surface area contributed by atoms with E-state index in [0.717, 1.165) is 53.7 Å². The van der Waals surface area contributed by atoms with Crippen molar-refractivity contribution in [2.45, 2.75) is 62.7 Å². The van der Waals surface area contributed by atoms with Crippen molar-refractivity contribution < 1.29 is 29.6 Å². The number of pyridine rings is 1. The molecule has 218 valence electrons. The molecule has 1 unspecified atom stereocenters. The number of phenolic OH excluding ortho intramolecular Hbond substituents is 1. The molecular formula is C34H36N2O6. The first-order valence-electron chi connectivity index (χ1n) is 15.0. The van der Waals surface area contributed by atoms with Crippen LogP contribution in [0.25, 0.3) is 11.1 Å². The number of phenols is 1. The number of nitrogens with zero attached hydrogens (tertiary/aromatic N) is 2. The maximum absolute atomic E-state index is 12.4. The van der Waals surface area contributed by atoms with Gasteiger partial charge in [0, 0.05) is 46.3 Å². The molecular weight excluding hydrogens is 532 g/mol. The van der Waals surface area contributed by atoms with Crippen molar-refractivity contribution in [3.05, 3.63) is 81.7 Å². The lowest BCUT2D eigenvalue weighted by Crippen LogP contribution is -2.64. The number of aliphatic hydroxyl groups is 1. The molecule has 3 aromatic rings. The van der Waals surface area contributed by atoms with Crippen molar-refractivity contribution in [3.8, 4) is 11.5 Å². The third kappa shape index (κ3) is 3.31. The standard InChI is InChI=1S/C34H36N2O6/c1-17(30-18(2)23(33(39)40)13-21-12-20(16-36(21)30)19-6-10-41-11-7-19)22-15-28(38)31-29-24(22)14-26-25-4-5-27(37)32(42-31)34(25,29)8-9-35(26)3/h4-6,12-13,15-17,25-27,32,37-38H,7-11,14H2,1-3H3,(H,39,40)/t17?,25-,26+,27-,32-,34-/m0/s1. The smallest absolute Gasteiger partial charge is 0.336 e.